The molecule has 1 atom stereocenters. The number of halogens is 1. The summed E-state index contributed by atoms with van der Waals surface area (Å²) in [6, 6.07) is 11.0. The quantitative estimate of drug-likeness (QED) is 0.602. The van der Waals surface area contributed by atoms with E-state index < -0.39 is 10.0 Å². The zero-order valence-corrected chi connectivity index (χ0v) is 21.2. The molecule has 1 aliphatic heterocycles. The van der Waals surface area contributed by atoms with E-state index in [0.717, 1.165) is 44.0 Å². The summed E-state index contributed by atoms with van der Waals surface area (Å²) in [6.45, 7) is 12.4. The second kappa shape index (κ2) is 11.2. The standard InChI is InChI=1S/C23H34N4O3S.ClH/c1-6-13-26-14-15-27(16-18(26)4)22-12-11-21(23(24-22)30-5)25-31(28,29)20-9-7-19(8-10-20)17(2)3;/h7-12,17-18,25H,6,13-16H2,1-5H3;1H/t18-;/m0./s1. The highest BCUT2D eigenvalue weighted by molar-refractivity contribution is 7.92. The summed E-state index contributed by atoms with van der Waals surface area (Å²) in [5.41, 5.74) is 1.42. The van der Waals surface area contributed by atoms with Gasteiger partial charge in [0.05, 0.1) is 12.0 Å². The van der Waals surface area contributed by atoms with E-state index in [0.29, 0.717) is 17.6 Å². The lowest BCUT2D eigenvalue weighted by Gasteiger charge is -2.40. The van der Waals surface area contributed by atoms with Gasteiger partial charge in [-0.3, -0.25) is 9.62 Å². The molecule has 2 aromatic rings. The highest BCUT2D eigenvalue weighted by Crippen LogP contribution is 2.29. The molecule has 0 unspecified atom stereocenters. The van der Waals surface area contributed by atoms with Crippen molar-refractivity contribution < 1.29 is 13.2 Å². The fourth-order valence-corrected chi connectivity index (χ4v) is 4.96. The molecule has 178 valence electrons. The zero-order valence-electron chi connectivity index (χ0n) is 19.5. The molecule has 0 saturated carbocycles. The number of pyridine rings is 1. The van der Waals surface area contributed by atoms with Crippen molar-refractivity contribution >= 4 is 33.9 Å². The summed E-state index contributed by atoms with van der Waals surface area (Å²) in [6.07, 6.45) is 1.14. The maximum Gasteiger partial charge on any atom is 0.262 e. The van der Waals surface area contributed by atoms with Crippen molar-refractivity contribution in [1.82, 2.24) is 9.88 Å². The average molecular weight is 483 g/mol. The third-order valence-corrected chi connectivity index (χ3v) is 7.12. The molecule has 1 fully saturated rings. The minimum atomic E-state index is -3.74. The number of rotatable bonds is 8. The normalized spacial score (nSPS) is 17.2. The molecule has 9 heteroatoms. The largest absolute Gasteiger partial charge is 0.479 e. The van der Waals surface area contributed by atoms with Gasteiger partial charge >= 0.3 is 0 Å². The maximum absolute atomic E-state index is 12.9. The first kappa shape index (κ1) is 26.2. The van der Waals surface area contributed by atoms with Crippen molar-refractivity contribution in [2.75, 3.05) is 42.9 Å². The lowest BCUT2D eigenvalue weighted by Crippen LogP contribution is -2.52. The molecule has 0 radical (unpaired) electrons. The summed E-state index contributed by atoms with van der Waals surface area (Å²) in [5.74, 6) is 1.40. The Bertz CT molecular complexity index is 983. The first-order valence-corrected chi connectivity index (χ1v) is 12.4. The van der Waals surface area contributed by atoms with Crippen molar-refractivity contribution in [2.45, 2.75) is 51.0 Å². The molecule has 2 heterocycles. The van der Waals surface area contributed by atoms with Crippen LogP contribution in [0.5, 0.6) is 5.88 Å². The Labute approximate surface area is 198 Å². The van der Waals surface area contributed by atoms with Crippen LogP contribution in [0.4, 0.5) is 11.5 Å². The van der Waals surface area contributed by atoms with Gasteiger partial charge in [-0.15, -0.1) is 12.4 Å². The van der Waals surface area contributed by atoms with Gasteiger partial charge in [0.25, 0.3) is 10.0 Å². The van der Waals surface area contributed by atoms with Crippen molar-refractivity contribution in [3.05, 3.63) is 42.0 Å². The van der Waals surface area contributed by atoms with Crippen molar-refractivity contribution in [3.63, 3.8) is 0 Å². The Kier molecular flexibility index (Phi) is 9.18. The highest BCUT2D eigenvalue weighted by Gasteiger charge is 2.25. The van der Waals surface area contributed by atoms with E-state index >= 15 is 0 Å². The van der Waals surface area contributed by atoms with Gasteiger partial charge in [-0.1, -0.05) is 32.9 Å². The molecule has 0 amide bonds. The van der Waals surface area contributed by atoms with Gasteiger partial charge in [0, 0.05) is 25.7 Å². The molecule has 0 spiro atoms. The maximum atomic E-state index is 12.9. The summed E-state index contributed by atoms with van der Waals surface area (Å²) >= 11 is 0. The van der Waals surface area contributed by atoms with Crippen LogP contribution < -0.4 is 14.4 Å². The number of nitrogens with one attached hydrogen (secondary N) is 1. The molecule has 0 aliphatic carbocycles. The van der Waals surface area contributed by atoms with E-state index in [-0.39, 0.29) is 23.2 Å². The van der Waals surface area contributed by atoms with Crippen LogP contribution in [0.1, 0.15) is 45.6 Å². The molecular weight excluding hydrogens is 448 g/mol. The average Bonchev–Trinajstić information content (AvgIpc) is 2.75. The lowest BCUT2D eigenvalue weighted by atomic mass is 10.0. The van der Waals surface area contributed by atoms with Crippen LogP contribution in [0.2, 0.25) is 0 Å². The van der Waals surface area contributed by atoms with Crippen LogP contribution in [-0.4, -0.2) is 57.6 Å². The minimum absolute atomic E-state index is 0. The summed E-state index contributed by atoms with van der Waals surface area (Å²) in [5, 5.41) is 0. The van der Waals surface area contributed by atoms with Gasteiger partial charge in [-0.05, 0) is 55.6 Å². The first-order chi connectivity index (χ1) is 14.7. The summed E-state index contributed by atoms with van der Waals surface area (Å²) in [7, 11) is -2.24. The number of nitrogens with zero attached hydrogens (tertiary/aromatic N) is 3. The Hall–Kier alpha value is -2.03. The third-order valence-electron chi connectivity index (χ3n) is 5.74. The molecular formula is C23H35ClN4O3S. The minimum Gasteiger partial charge on any atom is -0.479 e. The molecule has 1 aliphatic rings. The number of hydrogen-bond acceptors (Lipinski definition) is 6. The fraction of sp³-hybridized carbons (Fsp3) is 0.522. The zero-order chi connectivity index (χ0) is 22.6. The number of aromatic nitrogens is 1. The van der Waals surface area contributed by atoms with E-state index in [1.54, 1.807) is 18.2 Å². The molecule has 3 rings (SSSR count). The fourth-order valence-electron chi connectivity index (χ4n) is 3.90. The topological polar surface area (TPSA) is 74.8 Å². The summed E-state index contributed by atoms with van der Waals surface area (Å²) < 4.78 is 33.8. The van der Waals surface area contributed by atoms with Crippen molar-refractivity contribution in [3.8, 4) is 5.88 Å². The van der Waals surface area contributed by atoms with Crippen molar-refractivity contribution in [2.24, 2.45) is 0 Å². The van der Waals surface area contributed by atoms with Crippen LogP contribution in [0.3, 0.4) is 0 Å². The molecule has 1 saturated heterocycles. The van der Waals surface area contributed by atoms with Crippen molar-refractivity contribution in [1.29, 1.82) is 0 Å². The first-order valence-electron chi connectivity index (χ1n) is 10.9. The Balaban J connectivity index is 0.00000363. The second-order valence-electron chi connectivity index (χ2n) is 8.39. The number of hydrogen-bond donors (Lipinski definition) is 1. The third kappa shape index (κ3) is 6.05. The predicted molar refractivity (Wildman–Crippen MR) is 133 cm³/mol. The lowest BCUT2D eigenvalue weighted by molar-refractivity contribution is 0.189. The highest BCUT2D eigenvalue weighted by atomic mass is 35.5. The number of ether oxygens (including phenoxy) is 1. The van der Waals surface area contributed by atoms with Gasteiger partial charge in [0.1, 0.15) is 11.5 Å². The molecule has 1 aromatic carbocycles. The monoisotopic (exact) mass is 482 g/mol. The number of piperazine rings is 1. The predicted octanol–water partition coefficient (Wildman–Crippen LogP) is 4.36. The van der Waals surface area contributed by atoms with Crippen LogP contribution in [0.15, 0.2) is 41.3 Å². The number of sulfonamides is 1. The molecule has 0 bridgehead atoms. The van der Waals surface area contributed by atoms with E-state index in [1.165, 1.54) is 7.11 Å². The van der Waals surface area contributed by atoms with E-state index in [9.17, 15) is 8.42 Å². The Morgan fingerprint density at radius 3 is 2.41 bits per heavy atom. The van der Waals surface area contributed by atoms with Gasteiger partial charge in [-0.25, -0.2) is 8.42 Å². The smallest absolute Gasteiger partial charge is 0.262 e. The van der Waals surface area contributed by atoms with E-state index in [2.05, 4.69) is 47.2 Å². The van der Waals surface area contributed by atoms with Gasteiger partial charge < -0.3 is 9.64 Å². The van der Waals surface area contributed by atoms with E-state index in [4.69, 9.17) is 4.74 Å². The Morgan fingerprint density at radius 1 is 1.16 bits per heavy atom. The number of anilines is 2. The second-order valence-corrected chi connectivity index (χ2v) is 10.1. The van der Waals surface area contributed by atoms with E-state index in [1.807, 2.05) is 18.2 Å². The van der Waals surface area contributed by atoms with Crippen LogP contribution in [0.25, 0.3) is 0 Å². The molecule has 7 nitrogen and oxygen atoms in total. The van der Waals surface area contributed by atoms with Crippen LogP contribution >= 0.6 is 12.4 Å². The number of methoxy groups -OCH3 is 1. The number of benzene rings is 1. The van der Waals surface area contributed by atoms with Crippen LogP contribution in [0, 0.1) is 0 Å². The molecule has 1 aromatic heterocycles. The van der Waals surface area contributed by atoms with Gasteiger partial charge in [0.15, 0.2) is 0 Å². The molecule has 1 N–H and O–H groups in total. The SMILES string of the molecule is CCCN1CCN(c2ccc(NS(=O)(=O)c3ccc(C(C)C)cc3)c(OC)n2)C[C@@H]1C.Cl. The van der Waals surface area contributed by atoms with Gasteiger partial charge in [0.2, 0.25) is 5.88 Å². The molecule has 32 heavy (non-hydrogen) atoms. The summed E-state index contributed by atoms with van der Waals surface area (Å²) in [4.78, 5) is 9.52. The Morgan fingerprint density at radius 2 is 1.84 bits per heavy atom. The van der Waals surface area contributed by atoms with Gasteiger partial charge in [-0.2, -0.15) is 4.98 Å². The van der Waals surface area contributed by atoms with Crippen LogP contribution in [-0.2, 0) is 10.0 Å².